The van der Waals surface area contributed by atoms with Crippen molar-refractivity contribution in [2.24, 2.45) is 12.0 Å². The molecule has 1 aliphatic carbocycles. The first kappa shape index (κ1) is 26.4. The number of hydrogen-bond acceptors (Lipinski definition) is 4. The van der Waals surface area contributed by atoms with Gasteiger partial charge in [0, 0.05) is 36.3 Å². The van der Waals surface area contributed by atoms with Crippen molar-refractivity contribution in [1.82, 2.24) is 14.5 Å². The van der Waals surface area contributed by atoms with Crippen molar-refractivity contribution in [3.63, 3.8) is 0 Å². The Hall–Kier alpha value is -3.66. The first-order chi connectivity index (χ1) is 17.2. The summed E-state index contributed by atoms with van der Waals surface area (Å²) < 4.78 is 41.0. The van der Waals surface area contributed by atoms with Gasteiger partial charge in [0.1, 0.15) is 23.7 Å². The molecular formula is C26H25ClF3N5O2. The van der Waals surface area contributed by atoms with E-state index >= 15 is 0 Å². The highest BCUT2D eigenvalue weighted by Crippen LogP contribution is 2.41. The van der Waals surface area contributed by atoms with Gasteiger partial charge >= 0.3 is 6.18 Å². The zero-order chi connectivity index (χ0) is 25.5. The molecule has 1 N–H and O–H groups in total. The minimum atomic E-state index is -4.52. The molecule has 1 aliphatic heterocycles. The Bertz CT molecular complexity index is 1340. The van der Waals surface area contributed by atoms with Crippen LogP contribution in [0.3, 0.4) is 0 Å². The van der Waals surface area contributed by atoms with Crippen LogP contribution in [0.15, 0.2) is 65.9 Å². The maximum absolute atomic E-state index is 13.5. The molecule has 11 heteroatoms. The number of rotatable bonds is 5. The predicted octanol–water partition coefficient (Wildman–Crippen LogP) is 5.07. The molecule has 0 unspecified atom stereocenters. The van der Waals surface area contributed by atoms with Crippen LogP contribution in [0.1, 0.15) is 36.8 Å². The first-order valence-corrected chi connectivity index (χ1v) is 11.6. The van der Waals surface area contributed by atoms with Gasteiger partial charge in [0.05, 0.1) is 5.56 Å². The van der Waals surface area contributed by atoms with Gasteiger partial charge in [0.2, 0.25) is 5.91 Å². The number of aliphatic imine (C=N–C) groups is 1. The number of amides is 2. The average molecular weight is 532 g/mol. The summed E-state index contributed by atoms with van der Waals surface area (Å²) in [5.41, 5.74) is 0.179. The fourth-order valence-corrected chi connectivity index (χ4v) is 4.90. The van der Waals surface area contributed by atoms with E-state index in [1.54, 1.807) is 6.20 Å². The molecule has 2 heterocycles. The van der Waals surface area contributed by atoms with E-state index in [1.807, 2.05) is 42.1 Å². The van der Waals surface area contributed by atoms with Gasteiger partial charge in [-0.2, -0.15) is 13.2 Å². The van der Waals surface area contributed by atoms with Crippen molar-refractivity contribution < 1.29 is 22.8 Å². The summed E-state index contributed by atoms with van der Waals surface area (Å²) in [7, 11) is 1.90. The highest BCUT2D eigenvalue weighted by molar-refractivity contribution is 6.47. The normalized spacial score (nSPS) is 16.6. The largest absolute Gasteiger partial charge is 0.416 e. The van der Waals surface area contributed by atoms with Crippen LogP contribution in [0.2, 0.25) is 0 Å². The topological polar surface area (TPSA) is 79.6 Å². The van der Waals surface area contributed by atoms with E-state index in [-0.39, 0.29) is 36.3 Å². The number of anilines is 1. The molecule has 1 aromatic heterocycles. The molecule has 0 saturated heterocycles. The lowest BCUT2D eigenvalue weighted by Gasteiger charge is -2.32. The number of nitrogens with zero attached hydrogens (tertiary/aromatic N) is 4. The van der Waals surface area contributed by atoms with Gasteiger partial charge in [0.15, 0.2) is 0 Å². The molecule has 3 aromatic rings. The van der Waals surface area contributed by atoms with Gasteiger partial charge in [0.25, 0.3) is 5.91 Å². The van der Waals surface area contributed by atoms with E-state index in [0.29, 0.717) is 18.4 Å². The van der Waals surface area contributed by atoms with Crippen LogP contribution >= 0.6 is 12.4 Å². The minimum absolute atomic E-state index is 0. The van der Waals surface area contributed by atoms with Gasteiger partial charge in [-0.15, -0.1) is 12.4 Å². The standard InChI is InChI=1S/C26H24F3N5O2.ClH/c1-33-14-13-30-23(33)18-9-7-17(8-10-18)22-24(36)34(25(32-22)11-2-3-12-25)16-21(35)31-20-6-4-5-19(15-20)26(27,28)29;/h4-10,13-15H,2-3,11-12,16H2,1H3,(H,31,35);1H. The van der Waals surface area contributed by atoms with Crippen LogP contribution in [0.5, 0.6) is 0 Å². The molecule has 2 aliphatic rings. The molecule has 5 rings (SSSR count). The van der Waals surface area contributed by atoms with Crippen molar-refractivity contribution in [3.05, 3.63) is 72.1 Å². The number of aryl methyl sites for hydroxylation is 1. The molecule has 7 nitrogen and oxygen atoms in total. The fourth-order valence-electron chi connectivity index (χ4n) is 4.90. The van der Waals surface area contributed by atoms with Gasteiger partial charge in [-0.3, -0.25) is 14.6 Å². The Labute approximate surface area is 217 Å². The molecule has 0 radical (unpaired) electrons. The Balaban J connectivity index is 0.00000320. The van der Waals surface area contributed by atoms with Crippen molar-refractivity contribution in [2.75, 3.05) is 11.9 Å². The number of hydrogen-bond donors (Lipinski definition) is 1. The number of halogens is 4. The maximum Gasteiger partial charge on any atom is 0.416 e. The molecule has 0 atom stereocenters. The molecule has 2 amide bonds. The third-order valence-corrected chi connectivity index (χ3v) is 6.69. The number of carbonyl (C=O) groups is 2. The average Bonchev–Trinajstić information content (AvgIpc) is 3.55. The Morgan fingerprint density at radius 1 is 1.08 bits per heavy atom. The smallest absolute Gasteiger partial charge is 0.334 e. The summed E-state index contributed by atoms with van der Waals surface area (Å²) in [5, 5.41) is 2.50. The van der Waals surface area contributed by atoms with Crippen LogP contribution in [0.4, 0.5) is 18.9 Å². The highest BCUT2D eigenvalue weighted by atomic mass is 35.5. The molecule has 37 heavy (non-hydrogen) atoms. The molecule has 2 aromatic carbocycles. The molecule has 1 fully saturated rings. The van der Waals surface area contributed by atoms with Crippen LogP contribution < -0.4 is 5.32 Å². The van der Waals surface area contributed by atoms with Gasteiger partial charge < -0.3 is 14.8 Å². The summed E-state index contributed by atoms with van der Waals surface area (Å²) in [5.74, 6) is -0.141. The number of aromatic nitrogens is 2. The number of benzene rings is 2. The zero-order valence-corrected chi connectivity index (χ0v) is 20.8. The molecule has 194 valence electrons. The van der Waals surface area contributed by atoms with Crippen LogP contribution in [0, 0.1) is 0 Å². The van der Waals surface area contributed by atoms with Crippen LogP contribution in [-0.2, 0) is 22.8 Å². The SMILES string of the molecule is Cl.Cn1ccnc1-c1ccc(C2=NC3(CCCC3)N(CC(=O)Nc3cccc(C(F)(F)F)c3)C2=O)cc1. The zero-order valence-electron chi connectivity index (χ0n) is 20.0. The second kappa shape index (κ2) is 10.0. The lowest BCUT2D eigenvalue weighted by Crippen LogP contribution is -2.48. The van der Waals surface area contributed by atoms with E-state index in [4.69, 9.17) is 4.99 Å². The van der Waals surface area contributed by atoms with E-state index in [2.05, 4.69) is 10.3 Å². The molecule has 1 spiro atoms. The number of imidazole rings is 1. The second-order valence-corrected chi connectivity index (χ2v) is 9.11. The predicted molar refractivity (Wildman–Crippen MR) is 135 cm³/mol. The van der Waals surface area contributed by atoms with E-state index in [0.717, 1.165) is 36.4 Å². The number of alkyl halides is 3. The maximum atomic E-state index is 13.5. The number of carbonyl (C=O) groups excluding carboxylic acids is 2. The third kappa shape index (κ3) is 5.11. The summed E-state index contributed by atoms with van der Waals surface area (Å²) in [6.45, 7) is -0.298. The Morgan fingerprint density at radius 3 is 2.38 bits per heavy atom. The van der Waals surface area contributed by atoms with E-state index in [9.17, 15) is 22.8 Å². The quantitative estimate of drug-likeness (QED) is 0.499. The lowest BCUT2D eigenvalue weighted by molar-refractivity contribution is -0.137. The van der Waals surface area contributed by atoms with Crippen LogP contribution in [-0.4, -0.2) is 44.2 Å². The molecule has 1 saturated carbocycles. The summed E-state index contributed by atoms with van der Waals surface area (Å²) >= 11 is 0. The van der Waals surface area contributed by atoms with Gasteiger partial charge in [-0.1, -0.05) is 30.3 Å². The molecular weight excluding hydrogens is 507 g/mol. The van der Waals surface area contributed by atoms with Crippen molar-refractivity contribution in [2.45, 2.75) is 37.5 Å². The van der Waals surface area contributed by atoms with Gasteiger partial charge in [-0.05, 0) is 43.9 Å². The minimum Gasteiger partial charge on any atom is -0.334 e. The monoisotopic (exact) mass is 531 g/mol. The van der Waals surface area contributed by atoms with Crippen molar-refractivity contribution in [3.8, 4) is 11.4 Å². The third-order valence-electron chi connectivity index (χ3n) is 6.69. The van der Waals surface area contributed by atoms with Crippen molar-refractivity contribution >= 4 is 35.6 Å². The summed E-state index contributed by atoms with van der Waals surface area (Å²) in [6, 6.07) is 11.8. The number of nitrogens with one attached hydrogen (secondary N) is 1. The van der Waals surface area contributed by atoms with E-state index < -0.39 is 23.3 Å². The van der Waals surface area contributed by atoms with Crippen molar-refractivity contribution in [1.29, 1.82) is 0 Å². The lowest BCUT2D eigenvalue weighted by atomic mass is 10.1. The highest BCUT2D eigenvalue weighted by Gasteiger charge is 2.49. The van der Waals surface area contributed by atoms with Crippen LogP contribution in [0.25, 0.3) is 11.4 Å². The second-order valence-electron chi connectivity index (χ2n) is 9.11. The summed E-state index contributed by atoms with van der Waals surface area (Å²) in [4.78, 5) is 36.9. The summed E-state index contributed by atoms with van der Waals surface area (Å²) in [6.07, 6.45) is 2.03. The Morgan fingerprint density at radius 2 is 1.76 bits per heavy atom. The van der Waals surface area contributed by atoms with E-state index in [1.165, 1.54) is 17.0 Å². The Kier molecular flexibility index (Phi) is 7.14. The fraction of sp³-hybridized carbons (Fsp3) is 0.308. The first-order valence-electron chi connectivity index (χ1n) is 11.6. The molecule has 0 bridgehead atoms. The van der Waals surface area contributed by atoms with Gasteiger partial charge in [-0.25, -0.2) is 4.98 Å².